The van der Waals surface area contributed by atoms with E-state index in [1.54, 1.807) is 18.2 Å². The first-order chi connectivity index (χ1) is 15.7. The number of sulfonamides is 1. The van der Waals surface area contributed by atoms with Crippen molar-refractivity contribution >= 4 is 33.7 Å². The summed E-state index contributed by atoms with van der Waals surface area (Å²) in [7, 11) is 0.601. The molecule has 0 heterocycles. The molecule has 0 aliphatic carbocycles. The number of benzene rings is 2. The molecule has 2 rings (SSSR count). The summed E-state index contributed by atoms with van der Waals surface area (Å²) in [5, 5.41) is 11.1. The van der Waals surface area contributed by atoms with Gasteiger partial charge in [-0.3, -0.25) is 4.79 Å². The summed E-state index contributed by atoms with van der Waals surface area (Å²) in [4.78, 5) is 24.0. The number of methoxy groups -OCH3 is 1. The van der Waals surface area contributed by atoms with Crippen molar-refractivity contribution in [2.45, 2.75) is 4.90 Å². The Morgan fingerprint density at radius 1 is 1.15 bits per heavy atom. The van der Waals surface area contributed by atoms with E-state index in [1.165, 1.54) is 51.5 Å². The van der Waals surface area contributed by atoms with Gasteiger partial charge >= 0.3 is 5.97 Å². The highest BCUT2D eigenvalue weighted by molar-refractivity contribution is 7.89. The number of nitrogens with one attached hydrogen (secondary N) is 1. The van der Waals surface area contributed by atoms with Crippen molar-refractivity contribution in [1.29, 1.82) is 5.26 Å². The second-order valence-corrected chi connectivity index (χ2v) is 8.81. The maximum Gasteiger partial charge on any atom is 0.331 e. The average Bonchev–Trinajstić information content (AvgIpc) is 2.80. The van der Waals surface area contributed by atoms with Crippen molar-refractivity contribution in [3.8, 4) is 17.6 Å². The smallest absolute Gasteiger partial charge is 0.331 e. The highest BCUT2D eigenvalue weighted by Gasteiger charge is 2.17. The molecule has 1 amide bonds. The Hall–Kier alpha value is -3.88. The molecule has 0 aromatic heterocycles. The molecule has 0 unspecified atom stereocenters. The Kier molecular flexibility index (Phi) is 8.97. The van der Waals surface area contributed by atoms with Gasteiger partial charge in [-0.2, -0.15) is 5.26 Å². The zero-order valence-electron chi connectivity index (χ0n) is 18.3. The van der Waals surface area contributed by atoms with E-state index < -0.39 is 28.5 Å². The summed E-state index contributed by atoms with van der Waals surface area (Å²) >= 11 is 0. The maximum absolute atomic E-state index is 12.2. The number of anilines is 1. The predicted molar refractivity (Wildman–Crippen MR) is 120 cm³/mol. The summed E-state index contributed by atoms with van der Waals surface area (Å²) in [6.45, 7) is -0.687. The van der Waals surface area contributed by atoms with Gasteiger partial charge in [0.2, 0.25) is 10.0 Å². The molecule has 174 valence electrons. The van der Waals surface area contributed by atoms with Crippen LogP contribution in [-0.2, 0) is 24.3 Å². The van der Waals surface area contributed by atoms with Crippen molar-refractivity contribution < 1.29 is 32.2 Å². The fraction of sp³-hybridized carbons (Fsp3) is 0.227. The first-order valence-electron chi connectivity index (χ1n) is 9.52. The molecule has 11 heteroatoms. The number of ether oxygens (including phenoxy) is 3. The lowest BCUT2D eigenvalue weighted by Gasteiger charge is -2.12. The van der Waals surface area contributed by atoms with Gasteiger partial charge in [0.05, 0.1) is 12.0 Å². The van der Waals surface area contributed by atoms with Gasteiger partial charge in [-0.15, -0.1) is 0 Å². The lowest BCUT2D eigenvalue weighted by Crippen LogP contribution is -2.23. The number of hydrogen-bond donors (Lipinski definition) is 1. The fourth-order valence-corrected chi connectivity index (χ4v) is 3.46. The van der Waals surface area contributed by atoms with Crippen LogP contribution in [0.15, 0.2) is 53.4 Å². The Labute approximate surface area is 192 Å². The third kappa shape index (κ3) is 7.34. The van der Waals surface area contributed by atoms with E-state index in [9.17, 15) is 18.0 Å². The molecule has 0 fully saturated rings. The Balaban J connectivity index is 1.93. The molecular weight excluding hydrogens is 450 g/mol. The van der Waals surface area contributed by atoms with Crippen LogP contribution < -0.4 is 14.8 Å². The van der Waals surface area contributed by atoms with E-state index in [2.05, 4.69) is 5.32 Å². The first-order valence-corrected chi connectivity index (χ1v) is 11.0. The van der Waals surface area contributed by atoms with Gasteiger partial charge in [-0.1, -0.05) is 12.1 Å². The lowest BCUT2D eigenvalue weighted by molar-refractivity contribution is -0.142. The monoisotopic (exact) mass is 473 g/mol. The van der Waals surface area contributed by atoms with Gasteiger partial charge in [0.1, 0.15) is 6.07 Å². The number of carbonyl (C=O) groups excluding carboxylic acids is 2. The third-order valence-electron chi connectivity index (χ3n) is 4.13. The minimum atomic E-state index is -3.65. The Morgan fingerprint density at radius 3 is 2.58 bits per heavy atom. The number of nitrogens with zero attached hydrogens (tertiary/aromatic N) is 2. The van der Waals surface area contributed by atoms with E-state index in [4.69, 9.17) is 19.5 Å². The van der Waals surface area contributed by atoms with Gasteiger partial charge in [0.25, 0.3) is 5.91 Å². The second-order valence-electron chi connectivity index (χ2n) is 6.66. The number of hydrogen-bond acceptors (Lipinski definition) is 8. The third-order valence-corrected chi connectivity index (χ3v) is 5.94. The van der Waals surface area contributed by atoms with Crippen molar-refractivity contribution in [3.63, 3.8) is 0 Å². The normalized spacial score (nSPS) is 11.1. The first kappa shape index (κ1) is 25.4. The van der Waals surface area contributed by atoms with Crippen molar-refractivity contribution in [3.05, 3.63) is 54.1 Å². The number of carbonyl (C=O) groups is 2. The molecule has 1 N–H and O–H groups in total. The van der Waals surface area contributed by atoms with Crippen LogP contribution >= 0.6 is 0 Å². The molecule has 10 nitrogen and oxygen atoms in total. The SMILES string of the molecule is COc1cc(/C=C/C(=O)OCC(=O)Nc2cccc(S(=O)(=O)N(C)C)c2)ccc1OCC#N. The van der Waals surface area contributed by atoms with E-state index >= 15 is 0 Å². The van der Waals surface area contributed by atoms with Gasteiger partial charge in [0, 0.05) is 25.9 Å². The molecule has 0 spiro atoms. The van der Waals surface area contributed by atoms with Crippen LogP contribution in [-0.4, -0.2) is 59.0 Å². The molecule has 0 radical (unpaired) electrons. The molecule has 0 aliphatic heterocycles. The minimum Gasteiger partial charge on any atom is -0.493 e. The van der Waals surface area contributed by atoms with E-state index in [0.29, 0.717) is 17.1 Å². The van der Waals surface area contributed by atoms with Crippen LogP contribution in [0.4, 0.5) is 5.69 Å². The number of esters is 1. The predicted octanol–water partition coefficient (Wildman–Crippen LogP) is 2.04. The molecular formula is C22H23N3O7S. The fourth-order valence-electron chi connectivity index (χ4n) is 2.51. The summed E-state index contributed by atoms with van der Waals surface area (Å²) in [6, 6.07) is 12.5. The molecule has 0 saturated carbocycles. The Morgan fingerprint density at radius 2 is 1.91 bits per heavy atom. The highest BCUT2D eigenvalue weighted by Crippen LogP contribution is 2.28. The zero-order chi connectivity index (χ0) is 24.4. The van der Waals surface area contributed by atoms with Crippen LogP contribution in [0.5, 0.6) is 11.5 Å². The molecule has 0 saturated heterocycles. The quantitative estimate of drug-likeness (QED) is 0.409. The summed E-state index contributed by atoms with van der Waals surface area (Å²) in [5.74, 6) is -0.605. The van der Waals surface area contributed by atoms with Crippen molar-refractivity contribution in [2.24, 2.45) is 0 Å². The van der Waals surface area contributed by atoms with E-state index in [1.807, 2.05) is 6.07 Å². The zero-order valence-corrected chi connectivity index (χ0v) is 19.1. The van der Waals surface area contributed by atoms with E-state index in [0.717, 1.165) is 10.4 Å². The largest absolute Gasteiger partial charge is 0.493 e. The summed E-state index contributed by atoms with van der Waals surface area (Å²) in [6.07, 6.45) is 2.61. The van der Waals surface area contributed by atoms with Crippen LogP contribution in [0.1, 0.15) is 5.56 Å². The van der Waals surface area contributed by atoms with Gasteiger partial charge in [-0.25, -0.2) is 17.5 Å². The molecule has 0 atom stereocenters. The van der Waals surface area contributed by atoms with Crippen molar-refractivity contribution in [2.75, 3.05) is 39.7 Å². The van der Waals surface area contributed by atoms with Crippen molar-refractivity contribution in [1.82, 2.24) is 4.31 Å². The topological polar surface area (TPSA) is 135 Å². The summed E-state index contributed by atoms with van der Waals surface area (Å²) < 4.78 is 40.8. The number of rotatable bonds is 10. The summed E-state index contributed by atoms with van der Waals surface area (Å²) in [5.41, 5.74) is 0.858. The standard InChI is InChI=1S/C22H23N3O7S/c1-25(2)33(28,29)18-6-4-5-17(14-18)24-21(26)15-32-22(27)10-8-16-7-9-19(31-12-11-23)20(13-16)30-3/h4-10,13-14H,12,15H2,1-3H3,(H,24,26)/b10-8+. The van der Waals surface area contributed by atoms with Gasteiger partial charge in [0.15, 0.2) is 24.7 Å². The molecule has 0 aliphatic rings. The number of amides is 1. The molecule has 2 aromatic carbocycles. The second kappa shape index (κ2) is 11.7. The van der Waals surface area contributed by atoms with Gasteiger partial charge in [-0.05, 0) is 42.0 Å². The highest BCUT2D eigenvalue weighted by atomic mass is 32.2. The van der Waals surface area contributed by atoms with Crippen LogP contribution in [0.25, 0.3) is 6.08 Å². The maximum atomic E-state index is 12.2. The molecule has 33 heavy (non-hydrogen) atoms. The minimum absolute atomic E-state index is 0.0182. The van der Waals surface area contributed by atoms with Crippen LogP contribution in [0.2, 0.25) is 0 Å². The van der Waals surface area contributed by atoms with Crippen LogP contribution in [0.3, 0.4) is 0 Å². The van der Waals surface area contributed by atoms with E-state index in [-0.39, 0.29) is 17.2 Å². The number of nitriles is 1. The van der Waals surface area contributed by atoms with Gasteiger partial charge < -0.3 is 19.5 Å². The van der Waals surface area contributed by atoms with Crippen LogP contribution in [0, 0.1) is 11.3 Å². The molecule has 0 bridgehead atoms. The Bertz CT molecular complexity index is 1180. The average molecular weight is 474 g/mol. The molecule has 2 aromatic rings. The lowest BCUT2D eigenvalue weighted by atomic mass is 10.2.